The van der Waals surface area contributed by atoms with E-state index in [2.05, 4.69) is 5.32 Å². The molecule has 11 heteroatoms. The normalized spacial score (nSPS) is 30.0. The highest BCUT2D eigenvalue weighted by Crippen LogP contribution is 2.56. The lowest BCUT2D eigenvalue weighted by molar-refractivity contribution is -0.162. The highest BCUT2D eigenvalue weighted by Gasteiger charge is 2.73. The lowest BCUT2D eigenvalue weighted by Gasteiger charge is -2.36. The van der Waals surface area contributed by atoms with Crippen LogP contribution in [0.25, 0.3) is 0 Å². The molecule has 0 unspecified atom stereocenters. The molecule has 1 spiro atoms. The van der Waals surface area contributed by atoms with E-state index < -0.39 is 47.7 Å². The second-order valence-electron chi connectivity index (χ2n) is 14.0. The largest absolute Gasteiger partial charge is 0.455 e. The number of ether oxygens (including phenoxy) is 3. The number of unbranched alkanes of at least 4 members (excludes halogenated alkanes) is 3. The molecule has 4 aliphatic rings. The molecule has 3 amide bonds. The Balaban J connectivity index is 1.44. The number of nitrogens with zero attached hydrogens (tertiary/aromatic N) is 2. The summed E-state index contributed by atoms with van der Waals surface area (Å²) in [6, 6.07) is 13.4. The van der Waals surface area contributed by atoms with Crippen molar-refractivity contribution in [1.29, 1.82) is 0 Å². The van der Waals surface area contributed by atoms with Gasteiger partial charge in [0.05, 0.1) is 24.7 Å². The van der Waals surface area contributed by atoms with Crippen LogP contribution in [0.3, 0.4) is 0 Å². The second-order valence-corrected chi connectivity index (χ2v) is 14.0. The number of hydrogen-bond acceptors (Lipinski definition) is 8. The fourth-order valence-electron chi connectivity index (χ4n) is 8.07. The molecule has 2 aromatic carbocycles. The van der Waals surface area contributed by atoms with E-state index in [-0.39, 0.29) is 43.9 Å². The number of likely N-dealkylation sites (tertiary alicyclic amines) is 1. The van der Waals surface area contributed by atoms with E-state index in [4.69, 9.17) is 14.2 Å². The van der Waals surface area contributed by atoms with Crippen LogP contribution in [0, 0.1) is 25.7 Å². The third-order valence-corrected chi connectivity index (χ3v) is 10.5. The first-order valence-electron chi connectivity index (χ1n) is 18.1. The van der Waals surface area contributed by atoms with E-state index >= 15 is 4.79 Å². The lowest BCUT2D eigenvalue weighted by Crippen LogP contribution is -2.56. The Morgan fingerprint density at radius 1 is 0.980 bits per heavy atom. The maximum Gasteiger partial charge on any atom is 0.313 e. The van der Waals surface area contributed by atoms with E-state index in [1.54, 1.807) is 15.9 Å². The number of methoxy groups -OCH3 is 1. The summed E-state index contributed by atoms with van der Waals surface area (Å²) in [7, 11) is 1.52. The van der Waals surface area contributed by atoms with Crippen molar-refractivity contribution in [3.8, 4) is 0 Å². The zero-order valence-corrected chi connectivity index (χ0v) is 29.7. The summed E-state index contributed by atoms with van der Waals surface area (Å²) in [4.78, 5) is 60.8. The molecule has 51 heavy (non-hydrogen) atoms. The first-order valence-corrected chi connectivity index (χ1v) is 18.1. The molecule has 6 rings (SSSR count). The Bertz CT molecular complexity index is 1660. The smallest absolute Gasteiger partial charge is 0.313 e. The SMILES string of the molecule is COC[C@H]1NC(=O)CC/C=C\CN(c2cc(C)ccc2C)C(=O)[C@@H]2N(CCCCCCO)C(=O)[C@H]3[C@H](C(=O)O[C@@H]1c1ccccc1)[C@@H]1C=C[C@]23O1. The standard InChI is InChI=1S/C40H49N3O8/c1-26-17-18-27(2)30(24-26)42-21-12-7-10-16-32(45)41-29(25-49-3)35(28-14-8-6-9-15-28)50-39(48)33-31-19-20-40(51-31)34(33)37(46)43(36(40)38(42)47)22-11-4-5-13-23-44/h6-9,12,14-15,17-20,24,29,31,33-36,44H,4-5,10-11,13,16,21-23,25H2,1-3H3,(H,41,45)/b12-7-/t29-,31+,33-,34-,35-,36+,40-/m1/s1. The van der Waals surface area contributed by atoms with Crippen LogP contribution in [0.5, 0.6) is 0 Å². The summed E-state index contributed by atoms with van der Waals surface area (Å²) in [6.07, 6.45) is 9.11. The number of aliphatic hydroxyl groups is 1. The van der Waals surface area contributed by atoms with Crippen molar-refractivity contribution in [1.82, 2.24) is 10.2 Å². The number of benzene rings is 2. The van der Waals surface area contributed by atoms with E-state index in [0.717, 1.165) is 29.7 Å². The molecule has 11 nitrogen and oxygen atoms in total. The molecule has 0 saturated carbocycles. The Morgan fingerprint density at radius 3 is 2.53 bits per heavy atom. The molecule has 4 aliphatic heterocycles. The number of hydrogen-bond donors (Lipinski definition) is 2. The average Bonchev–Trinajstić information content (AvgIpc) is 3.76. The minimum absolute atomic E-state index is 0.0800. The predicted molar refractivity (Wildman–Crippen MR) is 191 cm³/mol. The summed E-state index contributed by atoms with van der Waals surface area (Å²) < 4.78 is 18.5. The number of fused-ring (bicyclic) bond motifs is 2. The number of allylic oxidation sites excluding steroid dienone is 1. The number of aliphatic hydroxyl groups excluding tert-OH is 1. The number of esters is 1. The monoisotopic (exact) mass is 699 g/mol. The van der Waals surface area contributed by atoms with Crippen molar-refractivity contribution in [2.45, 2.75) is 82.3 Å². The molecule has 5 bridgehead atoms. The Hall–Kier alpha value is -4.32. The van der Waals surface area contributed by atoms with Gasteiger partial charge in [0.2, 0.25) is 11.8 Å². The second kappa shape index (κ2) is 15.9. The Kier molecular flexibility index (Phi) is 11.4. The molecule has 2 N–H and O–H groups in total. The van der Waals surface area contributed by atoms with Crippen LogP contribution < -0.4 is 10.2 Å². The number of aryl methyl sites for hydroxylation is 2. The lowest BCUT2D eigenvalue weighted by atomic mass is 9.74. The van der Waals surface area contributed by atoms with Gasteiger partial charge in [0, 0.05) is 38.9 Å². The summed E-state index contributed by atoms with van der Waals surface area (Å²) >= 11 is 0. The van der Waals surface area contributed by atoms with Gasteiger partial charge < -0.3 is 34.4 Å². The Labute approximate surface area is 299 Å². The third kappa shape index (κ3) is 7.24. The Morgan fingerprint density at radius 2 is 1.76 bits per heavy atom. The van der Waals surface area contributed by atoms with Crippen molar-refractivity contribution in [2.75, 3.05) is 38.3 Å². The topological polar surface area (TPSA) is 135 Å². The van der Waals surface area contributed by atoms with Gasteiger partial charge in [-0.25, -0.2) is 0 Å². The molecule has 0 aliphatic carbocycles. The summed E-state index contributed by atoms with van der Waals surface area (Å²) in [6.45, 7) is 4.59. The molecule has 0 aromatic heterocycles. The zero-order chi connectivity index (χ0) is 36.1. The molecule has 2 saturated heterocycles. The van der Waals surface area contributed by atoms with Crippen molar-refractivity contribution in [3.05, 3.63) is 89.5 Å². The van der Waals surface area contributed by atoms with Gasteiger partial charge in [-0.1, -0.05) is 79.6 Å². The van der Waals surface area contributed by atoms with Gasteiger partial charge in [0.25, 0.3) is 5.91 Å². The van der Waals surface area contributed by atoms with Crippen LogP contribution in [0.15, 0.2) is 72.8 Å². The summed E-state index contributed by atoms with van der Waals surface area (Å²) in [5, 5.41) is 12.3. The van der Waals surface area contributed by atoms with Crippen LogP contribution in [0.4, 0.5) is 5.69 Å². The van der Waals surface area contributed by atoms with Crippen molar-refractivity contribution in [3.63, 3.8) is 0 Å². The number of amides is 3. The number of cyclic esters (lactones) is 1. The highest BCUT2D eigenvalue weighted by atomic mass is 16.6. The molecule has 2 fully saturated rings. The number of anilines is 1. The van der Waals surface area contributed by atoms with Gasteiger partial charge in [0.15, 0.2) is 0 Å². The summed E-state index contributed by atoms with van der Waals surface area (Å²) in [5.74, 6) is -3.48. The van der Waals surface area contributed by atoms with Gasteiger partial charge >= 0.3 is 5.97 Å². The molecule has 2 aromatic rings. The maximum absolute atomic E-state index is 15.1. The third-order valence-electron chi connectivity index (χ3n) is 10.5. The fraction of sp³-hybridized carbons (Fsp3) is 0.500. The van der Waals surface area contributed by atoms with Gasteiger partial charge in [-0.05, 0) is 55.9 Å². The first kappa shape index (κ1) is 36.5. The molecule has 272 valence electrons. The number of carbonyl (C=O) groups is 4. The van der Waals surface area contributed by atoms with Gasteiger partial charge in [-0.3, -0.25) is 19.2 Å². The fourth-order valence-corrected chi connectivity index (χ4v) is 8.07. The first-order chi connectivity index (χ1) is 24.7. The van der Waals surface area contributed by atoms with Gasteiger partial charge in [0.1, 0.15) is 23.7 Å². The maximum atomic E-state index is 15.1. The van der Waals surface area contributed by atoms with Crippen molar-refractivity contribution in [2.24, 2.45) is 11.8 Å². The summed E-state index contributed by atoms with van der Waals surface area (Å²) in [5.41, 5.74) is 1.89. The van der Waals surface area contributed by atoms with Crippen LogP contribution in [0.2, 0.25) is 0 Å². The highest BCUT2D eigenvalue weighted by molar-refractivity contribution is 6.05. The van der Waals surface area contributed by atoms with E-state index in [9.17, 15) is 19.5 Å². The van der Waals surface area contributed by atoms with Crippen molar-refractivity contribution >= 4 is 29.4 Å². The average molecular weight is 700 g/mol. The van der Waals surface area contributed by atoms with E-state index in [1.807, 2.05) is 80.6 Å². The van der Waals surface area contributed by atoms with Crippen LogP contribution in [0.1, 0.15) is 61.3 Å². The number of rotatable bonds is 10. The molecular weight excluding hydrogens is 650 g/mol. The van der Waals surface area contributed by atoms with Crippen LogP contribution in [-0.4, -0.2) is 90.9 Å². The van der Waals surface area contributed by atoms with Crippen molar-refractivity contribution < 1.29 is 38.5 Å². The number of nitrogens with one attached hydrogen (secondary N) is 1. The molecule has 4 heterocycles. The molecule has 0 radical (unpaired) electrons. The van der Waals surface area contributed by atoms with Crippen LogP contribution in [-0.2, 0) is 33.4 Å². The molecular formula is C40H49N3O8. The van der Waals surface area contributed by atoms with Crippen LogP contribution >= 0.6 is 0 Å². The number of carbonyl (C=O) groups excluding carboxylic acids is 4. The van der Waals surface area contributed by atoms with E-state index in [0.29, 0.717) is 31.4 Å². The van der Waals surface area contributed by atoms with Gasteiger partial charge in [-0.15, -0.1) is 0 Å². The quantitative estimate of drug-likeness (QED) is 0.215. The van der Waals surface area contributed by atoms with E-state index in [1.165, 1.54) is 7.11 Å². The van der Waals surface area contributed by atoms with Gasteiger partial charge in [-0.2, -0.15) is 0 Å². The zero-order valence-electron chi connectivity index (χ0n) is 29.7. The minimum Gasteiger partial charge on any atom is -0.455 e. The predicted octanol–water partition coefficient (Wildman–Crippen LogP) is 4.11. The molecule has 7 atom stereocenters. The minimum atomic E-state index is -1.37.